The Morgan fingerprint density at radius 3 is 2.60 bits per heavy atom. The lowest BCUT2D eigenvalue weighted by Crippen LogP contribution is -2.40. The Bertz CT molecular complexity index is 880. The summed E-state index contributed by atoms with van der Waals surface area (Å²) in [5, 5.41) is 2.88. The third-order valence-electron chi connectivity index (χ3n) is 4.61. The average molecular weight is 412 g/mol. The summed E-state index contributed by atoms with van der Waals surface area (Å²) in [5.74, 6) is 2.32. The summed E-state index contributed by atoms with van der Waals surface area (Å²) in [4.78, 5) is 26.1. The first kappa shape index (κ1) is 21.5. The van der Waals surface area contributed by atoms with Crippen molar-refractivity contribution in [3.8, 4) is 17.2 Å². The lowest BCUT2D eigenvalue weighted by molar-refractivity contribution is -0.121. The first-order chi connectivity index (χ1) is 14.5. The van der Waals surface area contributed by atoms with Gasteiger partial charge in [-0.25, -0.2) is 0 Å². The van der Waals surface area contributed by atoms with Crippen LogP contribution in [0.3, 0.4) is 0 Å². The molecule has 0 saturated heterocycles. The summed E-state index contributed by atoms with van der Waals surface area (Å²) < 4.78 is 16.3. The molecule has 7 nitrogen and oxygen atoms in total. The fraction of sp³-hybridized carbons (Fsp3) is 0.391. The number of carbonyl (C=O) groups is 2. The van der Waals surface area contributed by atoms with E-state index in [0.717, 1.165) is 17.2 Å². The van der Waals surface area contributed by atoms with Gasteiger partial charge in [0.1, 0.15) is 17.2 Å². The number of anilines is 2. The molecule has 0 radical (unpaired) electrons. The first-order valence-electron chi connectivity index (χ1n) is 10.1. The second-order valence-electron chi connectivity index (χ2n) is 7.55. The number of hydrogen-bond acceptors (Lipinski definition) is 5. The van der Waals surface area contributed by atoms with E-state index in [-0.39, 0.29) is 18.4 Å². The number of ether oxygens (including phenoxy) is 3. The van der Waals surface area contributed by atoms with Crippen LogP contribution in [0, 0.1) is 5.92 Å². The standard InChI is InChI=1S/C23H28N2O5/c1-16(2)14-25-20-11-6-17(13-21(20)30-15-23(25)27)24-22(26)5-4-12-29-19-9-7-18(28-3)8-10-19/h6-11,13,16H,4-5,12,14-15H2,1-3H3,(H,24,26). The minimum Gasteiger partial charge on any atom is -0.497 e. The molecular formula is C23H28N2O5. The number of nitrogens with zero attached hydrogens (tertiary/aromatic N) is 1. The molecule has 0 saturated carbocycles. The molecule has 2 amide bonds. The van der Waals surface area contributed by atoms with Gasteiger partial charge in [-0.1, -0.05) is 13.8 Å². The van der Waals surface area contributed by atoms with Crippen LogP contribution in [0.15, 0.2) is 42.5 Å². The minimum atomic E-state index is -0.0980. The van der Waals surface area contributed by atoms with Crippen LogP contribution >= 0.6 is 0 Å². The van der Waals surface area contributed by atoms with Crippen molar-refractivity contribution in [3.63, 3.8) is 0 Å². The molecule has 2 aromatic rings. The van der Waals surface area contributed by atoms with Crippen molar-refractivity contribution in [1.82, 2.24) is 0 Å². The first-order valence-corrected chi connectivity index (χ1v) is 10.1. The highest BCUT2D eigenvalue weighted by Crippen LogP contribution is 2.35. The molecule has 0 fully saturated rings. The van der Waals surface area contributed by atoms with E-state index in [9.17, 15) is 9.59 Å². The Morgan fingerprint density at radius 1 is 1.17 bits per heavy atom. The number of benzene rings is 2. The molecule has 0 atom stereocenters. The smallest absolute Gasteiger partial charge is 0.265 e. The highest BCUT2D eigenvalue weighted by Gasteiger charge is 2.26. The molecule has 1 N–H and O–H groups in total. The van der Waals surface area contributed by atoms with Gasteiger partial charge >= 0.3 is 0 Å². The third-order valence-corrected chi connectivity index (χ3v) is 4.61. The van der Waals surface area contributed by atoms with Gasteiger partial charge in [-0.05, 0) is 48.7 Å². The number of nitrogens with one attached hydrogen (secondary N) is 1. The van der Waals surface area contributed by atoms with Crippen LogP contribution in [0.25, 0.3) is 0 Å². The maximum absolute atomic E-state index is 12.2. The van der Waals surface area contributed by atoms with Gasteiger partial charge in [-0.3, -0.25) is 9.59 Å². The molecule has 0 aromatic heterocycles. The summed E-state index contributed by atoms with van der Waals surface area (Å²) >= 11 is 0. The largest absolute Gasteiger partial charge is 0.497 e. The van der Waals surface area contributed by atoms with Gasteiger partial charge in [0.25, 0.3) is 5.91 Å². The van der Waals surface area contributed by atoms with E-state index in [2.05, 4.69) is 19.2 Å². The van der Waals surface area contributed by atoms with Gasteiger partial charge < -0.3 is 24.4 Å². The molecule has 1 heterocycles. The quantitative estimate of drug-likeness (QED) is 0.633. The van der Waals surface area contributed by atoms with Gasteiger partial charge in [-0.2, -0.15) is 0 Å². The molecule has 30 heavy (non-hydrogen) atoms. The predicted molar refractivity (Wildman–Crippen MR) is 115 cm³/mol. The van der Waals surface area contributed by atoms with Gasteiger partial charge in [-0.15, -0.1) is 0 Å². The zero-order valence-electron chi connectivity index (χ0n) is 17.6. The number of fused-ring (bicyclic) bond motifs is 1. The van der Waals surface area contributed by atoms with Crippen molar-refractivity contribution >= 4 is 23.2 Å². The molecule has 1 aliphatic heterocycles. The van der Waals surface area contributed by atoms with Crippen LogP contribution < -0.4 is 24.4 Å². The molecule has 3 rings (SSSR count). The van der Waals surface area contributed by atoms with Crippen LogP contribution in [-0.4, -0.2) is 38.7 Å². The van der Waals surface area contributed by atoms with E-state index in [1.807, 2.05) is 30.3 Å². The Hall–Kier alpha value is -3.22. The van der Waals surface area contributed by atoms with Gasteiger partial charge in [0.15, 0.2) is 6.61 Å². The summed E-state index contributed by atoms with van der Waals surface area (Å²) in [5.41, 5.74) is 1.39. The minimum absolute atomic E-state index is 0.0137. The summed E-state index contributed by atoms with van der Waals surface area (Å²) in [6, 6.07) is 12.7. The summed E-state index contributed by atoms with van der Waals surface area (Å²) in [6.07, 6.45) is 0.933. The predicted octanol–water partition coefficient (Wildman–Crippen LogP) is 3.87. The third kappa shape index (κ3) is 5.65. The molecular weight excluding hydrogens is 384 g/mol. The van der Waals surface area contributed by atoms with E-state index < -0.39 is 0 Å². The van der Waals surface area contributed by atoms with E-state index in [4.69, 9.17) is 14.2 Å². The lowest BCUT2D eigenvalue weighted by atomic mass is 10.1. The summed E-state index contributed by atoms with van der Waals surface area (Å²) in [7, 11) is 1.62. The van der Waals surface area contributed by atoms with E-state index in [1.165, 1.54) is 0 Å². The number of carbonyl (C=O) groups excluding carboxylic acids is 2. The van der Waals surface area contributed by atoms with Crippen molar-refractivity contribution in [2.75, 3.05) is 37.1 Å². The zero-order chi connectivity index (χ0) is 21.5. The number of hydrogen-bond donors (Lipinski definition) is 1. The summed E-state index contributed by atoms with van der Waals surface area (Å²) in [6.45, 7) is 5.22. The monoisotopic (exact) mass is 412 g/mol. The topological polar surface area (TPSA) is 77.1 Å². The Morgan fingerprint density at radius 2 is 1.90 bits per heavy atom. The SMILES string of the molecule is COc1ccc(OCCCC(=O)Nc2ccc3c(c2)OCC(=O)N3CC(C)C)cc1. The highest BCUT2D eigenvalue weighted by atomic mass is 16.5. The van der Waals surface area contributed by atoms with Crippen LogP contribution in [0.2, 0.25) is 0 Å². The van der Waals surface area contributed by atoms with Crippen LogP contribution in [0.1, 0.15) is 26.7 Å². The normalized spacial score (nSPS) is 12.9. The fourth-order valence-electron chi connectivity index (χ4n) is 3.17. The van der Waals surface area contributed by atoms with Gasteiger partial charge in [0, 0.05) is 24.7 Å². The molecule has 0 spiro atoms. The van der Waals surface area contributed by atoms with Gasteiger partial charge in [0.05, 0.1) is 19.4 Å². The van der Waals surface area contributed by atoms with Crippen molar-refractivity contribution in [3.05, 3.63) is 42.5 Å². The molecule has 7 heteroatoms. The Kier molecular flexibility index (Phi) is 7.17. The maximum atomic E-state index is 12.2. The fourth-order valence-corrected chi connectivity index (χ4v) is 3.17. The van der Waals surface area contributed by atoms with Crippen molar-refractivity contribution < 1.29 is 23.8 Å². The van der Waals surface area contributed by atoms with E-state index in [1.54, 1.807) is 24.1 Å². The van der Waals surface area contributed by atoms with Crippen LogP contribution in [0.4, 0.5) is 11.4 Å². The maximum Gasteiger partial charge on any atom is 0.265 e. The van der Waals surface area contributed by atoms with Crippen molar-refractivity contribution in [2.24, 2.45) is 5.92 Å². The average Bonchev–Trinajstić information content (AvgIpc) is 2.73. The molecule has 160 valence electrons. The van der Waals surface area contributed by atoms with Crippen molar-refractivity contribution in [2.45, 2.75) is 26.7 Å². The second-order valence-corrected chi connectivity index (χ2v) is 7.55. The molecule has 0 unspecified atom stereocenters. The van der Waals surface area contributed by atoms with Crippen LogP contribution in [-0.2, 0) is 9.59 Å². The molecule has 1 aliphatic rings. The van der Waals surface area contributed by atoms with Crippen LogP contribution in [0.5, 0.6) is 17.2 Å². The zero-order valence-corrected chi connectivity index (χ0v) is 17.6. The number of rotatable bonds is 9. The highest BCUT2D eigenvalue weighted by molar-refractivity contribution is 5.99. The molecule has 2 aromatic carbocycles. The van der Waals surface area contributed by atoms with Crippen molar-refractivity contribution in [1.29, 1.82) is 0 Å². The molecule has 0 bridgehead atoms. The molecule has 0 aliphatic carbocycles. The lowest BCUT2D eigenvalue weighted by Gasteiger charge is -2.31. The van der Waals surface area contributed by atoms with E-state index in [0.29, 0.717) is 43.3 Å². The second kappa shape index (κ2) is 10.0. The van der Waals surface area contributed by atoms with Gasteiger partial charge in [0.2, 0.25) is 5.91 Å². The number of amides is 2. The van der Waals surface area contributed by atoms with E-state index >= 15 is 0 Å². The number of methoxy groups -OCH3 is 1. The Labute approximate surface area is 176 Å². The Balaban J connectivity index is 1.49.